The second-order valence-corrected chi connectivity index (χ2v) is 7.41. The number of nitrogens with two attached hydrogens (primary N) is 1. The number of benzene rings is 2. The fraction of sp³-hybridized carbons (Fsp3) is 0.273. The van der Waals surface area contributed by atoms with E-state index in [4.69, 9.17) is 30.9 Å². The Labute approximate surface area is 190 Å². The molecular formula is C22H25ClN6O2. The molecule has 162 valence electrons. The zero-order chi connectivity index (χ0) is 24.3. The summed E-state index contributed by atoms with van der Waals surface area (Å²) in [7, 11) is 1.58. The average Bonchev–Trinajstić information content (AvgIpc) is 2.81. The van der Waals surface area contributed by atoms with E-state index in [9.17, 15) is 0 Å². The molecule has 1 aliphatic rings. The maximum Gasteiger partial charge on any atom is 0.243 e. The molecule has 1 aliphatic heterocycles. The van der Waals surface area contributed by atoms with Gasteiger partial charge >= 0.3 is 0 Å². The second kappa shape index (κ2) is 9.28. The summed E-state index contributed by atoms with van der Waals surface area (Å²) in [4.78, 5) is 12.2. The van der Waals surface area contributed by atoms with Gasteiger partial charge in [0.15, 0.2) is 0 Å². The lowest BCUT2D eigenvalue weighted by Crippen LogP contribution is -2.44. The fourth-order valence-corrected chi connectivity index (χ4v) is 3.37. The molecule has 31 heavy (non-hydrogen) atoms. The number of halogens is 1. The van der Waals surface area contributed by atoms with E-state index in [1.54, 1.807) is 31.4 Å². The first-order valence-corrected chi connectivity index (χ1v) is 10.1. The summed E-state index contributed by atoms with van der Waals surface area (Å²) in [5.41, 5.74) is 7.96. The van der Waals surface area contributed by atoms with Gasteiger partial charge in [-0.05, 0) is 31.2 Å². The van der Waals surface area contributed by atoms with Crippen molar-refractivity contribution in [2.75, 3.05) is 56.2 Å². The lowest BCUT2D eigenvalue weighted by Gasteiger charge is -2.34. The van der Waals surface area contributed by atoms with Gasteiger partial charge in [0, 0.05) is 53.8 Å². The van der Waals surface area contributed by atoms with Crippen molar-refractivity contribution in [1.82, 2.24) is 14.9 Å². The fourth-order valence-electron chi connectivity index (χ4n) is 3.24. The Kier molecular flexibility index (Phi) is 5.22. The molecule has 0 aliphatic carbocycles. The zero-order valence-corrected chi connectivity index (χ0v) is 17.8. The number of methoxy groups -OCH3 is 1. The number of rotatable bonds is 6. The number of likely N-dealkylation sites (N-methyl/N-ethyl adjacent to an activating group) is 1. The van der Waals surface area contributed by atoms with E-state index in [0.717, 1.165) is 5.69 Å². The monoisotopic (exact) mass is 443 g/mol. The van der Waals surface area contributed by atoms with E-state index < -0.39 is 6.98 Å². The van der Waals surface area contributed by atoms with Crippen LogP contribution in [0.5, 0.6) is 17.4 Å². The molecule has 3 N–H and O–H groups in total. The number of nitrogen functional groups attached to an aromatic ring is 1. The van der Waals surface area contributed by atoms with E-state index in [1.807, 2.05) is 18.2 Å². The van der Waals surface area contributed by atoms with Crippen LogP contribution in [0.3, 0.4) is 0 Å². The summed E-state index contributed by atoms with van der Waals surface area (Å²) in [6.45, 7) is 0.0883. The van der Waals surface area contributed by atoms with Crippen LogP contribution in [0.4, 0.5) is 23.0 Å². The molecule has 0 saturated carbocycles. The van der Waals surface area contributed by atoms with Gasteiger partial charge in [0.2, 0.25) is 11.8 Å². The van der Waals surface area contributed by atoms with Gasteiger partial charge in [-0.2, -0.15) is 4.98 Å². The van der Waals surface area contributed by atoms with Gasteiger partial charge in [-0.25, -0.2) is 4.98 Å². The third-order valence-electron chi connectivity index (χ3n) is 4.86. The van der Waals surface area contributed by atoms with E-state index in [-0.39, 0.29) is 16.9 Å². The minimum atomic E-state index is -2.06. The van der Waals surface area contributed by atoms with Gasteiger partial charge in [0.1, 0.15) is 16.5 Å². The van der Waals surface area contributed by atoms with Crippen molar-refractivity contribution in [2.24, 2.45) is 0 Å². The number of piperazine rings is 1. The number of aromatic nitrogens is 2. The molecule has 0 spiro atoms. The van der Waals surface area contributed by atoms with Crippen LogP contribution in [0.1, 0.15) is 4.11 Å². The molecule has 1 saturated heterocycles. The van der Waals surface area contributed by atoms with Crippen LogP contribution < -0.4 is 25.4 Å². The summed E-state index contributed by atoms with van der Waals surface area (Å²) in [5.74, 6) is 1.56. The number of ether oxygens (including phenoxy) is 2. The highest BCUT2D eigenvalue weighted by Crippen LogP contribution is 2.33. The van der Waals surface area contributed by atoms with Crippen LogP contribution in [0, 0.1) is 0 Å². The predicted molar refractivity (Wildman–Crippen MR) is 124 cm³/mol. The van der Waals surface area contributed by atoms with Gasteiger partial charge in [-0.1, -0.05) is 17.7 Å². The smallest absolute Gasteiger partial charge is 0.243 e. The molecule has 0 bridgehead atoms. The topological polar surface area (TPSA) is 88.8 Å². The van der Waals surface area contributed by atoms with Gasteiger partial charge in [-0.15, -0.1) is 0 Å². The largest absolute Gasteiger partial charge is 0.494 e. The Hall–Kier alpha value is -3.23. The van der Waals surface area contributed by atoms with Crippen molar-refractivity contribution in [3.63, 3.8) is 0 Å². The quantitative estimate of drug-likeness (QED) is 0.552. The molecule has 1 aromatic heterocycles. The standard InChI is InChI=1S/C22H25ClN6O2/c1-28-8-10-29(11-9-28)16-6-7-19(20(13-16)30-2)26-22-25-14-18(23)21(27-22)31-17-5-3-4-15(24)12-17/h3-7,12-14H,8-11,24H2,1-2H3,(H,25,26,27)/i1D3. The molecule has 0 amide bonds. The van der Waals surface area contributed by atoms with Crippen molar-refractivity contribution in [2.45, 2.75) is 0 Å². The van der Waals surface area contributed by atoms with Crippen LogP contribution in [-0.2, 0) is 0 Å². The summed E-state index contributed by atoms with van der Waals surface area (Å²) in [5, 5.41) is 3.39. The average molecular weight is 444 g/mol. The molecule has 0 atom stereocenters. The first kappa shape index (κ1) is 17.5. The van der Waals surface area contributed by atoms with Crippen LogP contribution >= 0.6 is 11.6 Å². The molecule has 3 aromatic rings. The number of anilines is 4. The Morgan fingerprint density at radius 1 is 1.16 bits per heavy atom. The maximum atomic E-state index is 7.57. The summed E-state index contributed by atoms with van der Waals surface area (Å²) < 4.78 is 34.1. The normalized spacial score (nSPS) is 16.2. The highest BCUT2D eigenvalue weighted by molar-refractivity contribution is 6.31. The van der Waals surface area contributed by atoms with E-state index in [1.165, 1.54) is 11.1 Å². The molecule has 2 heterocycles. The first-order valence-electron chi connectivity index (χ1n) is 11.2. The van der Waals surface area contributed by atoms with E-state index in [2.05, 4.69) is 20.2 Å². The first-order chi connectivity index (χ1) is 16.2. The summed E-state index contributed by atoms with van der Waals surface area (Å²) in [6, 6.07) is 12.6. The van der Waals surface area contributed by atoms with Crippen LogP contribution in [0.2, 0.25) is 5.02 Å². The number of hydrogen-bond donors (Lipinski definition) is 2. The van der Waals surface area contributed by atoms with Crippen molar-refractivity contribution >= 4 is 34.6 Å². The molecule has 0 radical (unpaired) electrons. The molecule has 2 aromatic carbocycles. The molecule has 4 rings (SSSR count). The van der Waals surface area contributed by atoms with E-state index >= 15 is 0 Å². The Bertz CT molecular complexity index is 1160. The van der Waals surface area contributed by atoms with Crippen LogP contribution in [0.15, 0.2) is 48.7 Å². The highest BCUT2D eigenvalue weighted by atomic mass is 35.5. The minimum absolute atomic E-state index is 0.187. The highest BCUT2D eigenvalue weighted by Gasteiger charge is 2.17. The molecular weight excluding hydrogens is 416 g/mol. The van der Waals surface area contributed by atoms with E-state index in [0.29, 0.717) is 49.1 Å². The van der Waals surface area contributed by atoms with Crippen LogP contribution in [-0.4, -0.2) is 55.1 Å². The lowest BCUT2D eigenvalue weighted by atomic mass is 10.2. The maximum absolute atomic E-state index is 7.57. The second-order valence-electron chi connectivity index (χ2n) is 7.00. The lowest BCUT2D eigenvalue weighted by molar-refractivity contribution is 0.312. The molecule has 9 heteroatoms. The Morgan fingerprint density at radius 3 is 2.74 bits per heavy atom. The van der Waals surface area contributed by atoms with Crippen molar-refractivity contribution < 1.29 is 13.6 Å². The Balaban J connectivity index is 1.49. The predicted octanol–water partition coefficient (Wildman–Crippen LogP) is 4.01. The summed E-state index contributed by atoms with van der Waals surface area (Å²) >= 11 is 6.21. The van der Waals surface area contributed by atoms with Gasteiger partial charge in [-0.3, -0.25) is 0 Å². The molecule has 0 unspecified atom stereocenters. The van der Waals surface area contributed by atoms with Gasteiger partial charge < -0.3 is 30.3 Å². The summed E-state index contributed by atoms with van der Waals surface area (Å²) in [6.07, 6.45) is 1.45. The number of nitrogens with one attached hydrogen (secondary N) is 1. The van der Waals surface area contributed by atoms with Crippen molar-refractivity contribution in [3.05, 3.63) is 53.7 Å². The third-order valence-corrected chi connectivity index (χ3v) is 5.12. The molecule has 8 nitrogen and oxygen atoms in total. The number of hydrogen-bond acceptors (Lipinski definition) is 8. The van der Waals surface area contributed by atoms with Crippen LogP contribution in [0.25, 0.3) is 0 Å². The SMILES string of the molecule is [2H]C([2H])([2H])N1CCN(c2ccc(Nc3ncc(Cl)c(Oc4cccc(N)c4)n3)c(OC)c2)CC1. The Morgan fingerprint density at radius 2 is 2.00 bits per heavy atom. The van der Waals surface area contributed by atoms with Gasteiger partial charge in [0.25, 0.3) is 0 Å². The van der Waals surface area contributed by atoms with Gasteiger partial charge in [0.05, 0.1) is 19.0 Å². The zero-order valence-electron chi connectivity index (χ0n) is 20.0. The number of nitrogens with zero attached hydrogens (tertiary/aromatic N) is 4. The molecule has 1 fully saturated rings. The minimum Gasteiger partial charge on any atom is -0.494 e. The van der Waals surface area contributed by atoms with Crippen molar-refractivity contribution in [3.8, 4) is 17.4 Å². The third kappa shape index (κ3) is 5.10. The van der Waals surface area contributed by atoms with Crippen molar-refractivity contribution in [1.29, 1.82) is 0 Å².